The predicted molar refractivity (Wildman–Crippen MR) is 70.4 cm³/mol. The van der Waals surface area contributed by atoms with E-state index in [0.29, 0.717) is 6.04 Å². The Morgan fingerprint density at radius 2 is 1.56 bits per heavy atom. The topological polar surface area (TPSA) is 30.6 Å². The van der Waals surface area contributed by atoms with E-state index in [0.717, 1.165) is 12.8 Å². The second-order valence-electron chi connectivity index (χ2n) is 6.08. The SMILES string of the molecule is CC1(C)CC([NH+]=CC(Cl)(Cl)Cl)CC(C)(C)[NH2+]1. The second kappa shape index (κ2) is 4.64. The van der Waals surface area contributed by atoms with Gasteiger partial charge in [-0.05, 0) is 27.7 Å². The largest absolute Gasteiger partial charge is 0.337 e. The Morgan fingerprint density at radius 1 is 1.12 bits per heavy atom. The van der Waals surface area contributed by atoms with Gasteiger partial charge in [0.2, 0.25) is 0 Å². The van der Waals surface area contributed by atoms with Crippen LogP contribution in [0.3, 0.4) is 0 Å². The van der Waals surface area contributed by atoms with Crippen LogP contribution in [0.2, 0.25) is 0 Å². The summed E-state index contributed by atoms with van der Waals surface area (Å²) in [5.41, 5.74) is 0.446. The summed E-state index contributed by atoms with van der Waals surface area (Å²) in [6.07, 6.45) is 3.68. The van der Waals surface area contributed by atoms with Crippen LogP contribution in [0.4, 0.5) is 0 Å². The molecule has 1 aliphatic rings. The van der Waals surface area contributed by atoms with Crippen molar-refractivity contribution in [1.29, 1.82) is 0 Å². The van der Waals surface area contributed by atoms with Crippen molar-refractivity contribution in [2.24, 2.45) is 0 Å². The van der Waals surface area contributed by atoms with E-state index in [2.05, 4.69) is 38.0 Å². The molecule has 16 heavy (non-hydrogen) atoms. The first-order valence-electron chi connectivity index (χ1n) is 5.53. The number of halogens is 3. The molecule has 0 spiro atoms. The average Bonchev–Trinajstić information content (AvgIpc) is 1.93. The van der Waals surface area contributed by atoms with Crippen molar-refractivity contribution >= 4 is 41.0 Å². The summed E-state index contributed by atoms with van der Waals surface area (Å²) in [6.45, 7) is 8.99. The third-order valence-corrected chi connectivity index (χ3v) is 3.14. The first-order valence-corrected chi connectivity index (χ1v) is 6.67. The first kappa shape index (κ1) is 14.6. The van der Waals surface area contributed by atoms with E-state index in [9.17, 15) is 0 Å². The fourth-order valence-corrected chi connectivity index (χ4v) is 3.04. The molecule has 1 aliphatic heterocycles. The van der Waals surface area contributed by atoms with Crippen molar-refractivity contribution in [1.82, 2.24) is 0 Å². The molecule has 0 atom stereocenters. The van der Waals surface area contributed by atoms with Crippen LogP contribution in [-0.2, 0) is 0 Å². The van der Waals surface area contributed by atoms with Gasteiger partial charge in [0, 0.05) is 0 Å². The van der Waals surface area contributed by atoms with Gasteiger partial charge in [-0.25, -0.2) is 4.99 Å². The van der Waals surface area contributed by atoms with E-state index in [1.165, 1.54) is 0 Å². The molecule has 1 heterocycles. The molecule has 1 rings (SSSR count). The normalized spacial score (nSPS) is 26.2. The third-order valence-electron chi connectivity index (χ3n) is 2.81. The third kappa shape index (κ3) is 5.22. The molecule has 1 saturated heterocycles. The van der Waals surface area contributed by atoms with Crippen LogP contribution in [0.1, 0.15) is 40.5 Å². The molecular weight excluding hydrogens is 266 g/mol. The van der Waals surface area contributed by atoms with E-state index >= 15 is 0 Å². The maximum Gasteiger partial charge on any atom is 0.267 e. The lowest BCUT2D eigenvalue weighted by Gasteiger charge is -2.39. The predicted octanol–water partition coefficient (Wildman–Crippen LogP) is 0.791. The molecule has 5 heteroatoms. The molecule has 0 amide bonds. The fraction of sp³-hybridized carbons (Fsp3) is 0.909. The van der Waals surface area contributed by atoms with Gasteiger partial charge in [0.15, 0.2) is 12.3 Å². The van der Waals surface area contributed by atoms with Gasteiger partial charge >= 0.3 is 0 Å². The monoisotopic (exact) mass is 286 g/mol. The van der Waals surface area contributed by atoms with Crippen LogP contribution in [0.15, 0.2) is 0 Å². The van der Waals surface area contributed by atoms with Gasteiger partial charge in [0.25, 0.3) is 3.79 Å². The zero-order chi connectivity index (χ0) is 12.6. The summed E-state index contributed by atoms with van der Waals surface area (Å²) >= 11 is 17.1. The minimum Gasteiger partial charge on any atom is -0.337 e. The zero-order valence-corrected chi connectivity index (χ0v) is 12.5. The zero-order valence-electron chi connectivity index (χ0n) is 10.3. The number of hydrogen-bond donors (Lipinski definition) is 2. The lowest BCUT2D eigenvalue weighted by Crippen LogP contribution is -3.08. The molecule has 0 saturated carbocycles. The summed E-state index contributed by atoms with van der Waals surface area (Å²) in [6, 6.07) is 0.366. The van der Waals surface area contributed by atoms with Gasteiger partial charge in [0.1, 0.15) is 0 Å². The number of nitrogens with two attached hydrogens (primary N) is 1. The van der Waals surface area contributed by atoms with E-state index in [-0.39, 0.29) is 11.1 Å². The number of quaternary nitrogens is 1. The quantitative estimate of drug-likeness (QED) is 0.528. The molecule has 0 aliphatic carbocycles. The lowest BCUT2D eigenvalue weighted by atomic mass is 9.80. The molecule has 3 N–H and O–H groups in total. The maximum atomic E-state index is 5.70. The van der Waals surface area contributed by atoms with Crippen molar-refractivity contribution in [2.45, 2.75) is 61.4 Å². The van der Waals surface area contributed by atoms with E-state index in [4.69, 9.17) is 34.8 Å². The molecule has 0 aromatic heterocycles. The van der Waals surface area contributed by atoms with Crippen LogP contribution >= 0.6 is 34.8 Å². The number of rotatable bonds is 1. The summed E-state index contributed by atoms with van der Waals surface area (Å²) in [4.78, 5) is 3.23. The van der Waals surface area contributed by atoms with Gasteiger partial charge in [0.05, 0.1) is 23.9 Å². The van der Waals surface area contributed by atoms with Gasteiger partial charge in [-0.2, -0.15) is 0 Å². The van der Waals surface area contributed by atoms with Crippen LogP contribution in [0.5, 0.6) is 0 Å². The highest BCUT2D eigenvalue weighted by Gasteiger charge is 2.44. The summed E-state index contributed by atoms with van der Waals surface area (Å²) in [7, 11) is 0. The minimum absolute atomic E-state index is 0.223. The van der Waals surface area contributed by atoms with E-state index < -0.39 is 3.79 Å². The minimum atomic E-state index is -1.32. The van der Waals surface area contributed by atoms with E-state index in [1.54, 1.807) is 6.21 Å². The number of piperidine rings is 1. The lowest BCUT2D eigenvalue weighted by molar-refractivity contribution is -0.798. The maximum absolute atomic E-state index is 5.70. The summed E-state index contributed by atoms with van der Waals surface area (Å²) in [5, 5.41) is 2.42. The Balaban J connectivity index is 2.72. The molecule has 0 aromatic carbocycles. The average molecular weight is 288 g/mol. The van der Waals surface area contributed by atoms with Gasteiger partial charge < -0.3 is 5.32 Å². The first-order chi connectivity index (χ1) is 6.99. The summed E-state index contributed by atoms with van der Waals surface area (Å²) < 4.78 is -1.32. The van der Waals surface area contributed by atoms with Crippen LogP contribution in [0.25, 0.3) is 0 Å². The molecule has 0 bridgehead atoms. The Hall–Kier alpha value is 0.500. The van der Waals surface area contributed by atoms with Crippen molar-refractivity contribution < 1.29 is 10.3 Å². The smallest absolute Gasteiger partial charge is 0.267 e. The Bertz CT molecular complexity index is 263. The Kier molecular flexibility index (Phi) is 4.22. The van der Waals surface area contributed by atoms with Crippen molar-refractivity contribution in [3.8, 4) is 0 Å². The number of hydrogen-bond acceptors (Lipinski definition) is 0. The highest BCUT2D eigenvalue weighted by molar-refractivity contribution is 6.74. The van der Waals surface area contributed by atoms with Gasteiger partial charge in [-0.1, -0.05) is 34.8 Å². The molecule has 94 valence electrons. The van der Waals surface area contributed by atoms with Crippen molar-refractivity contribution in [3.05, 3.63) is 0 Å². The molecule has 1 fully saturated rings. The van der Waals surface area contributed by atoms with Crippen molar-refractivity contribution in [3.63, 3.8) is 0 Å². The molecular formula is C11H21Cl3N2+2. The summed E-state index contributed by atoms with van der Waals surface area (Å²) in [5.74, 6) is 0. The molecule has 2 nitrogen and oxygen atoms in total. The van der Waals surface area contributed by atoms with Gasteiger partial charge in [-0.3, -0.25) is 0 Å². The molecule has 0 unspecified atom stereocenters. The van der Waals surface area contributed by atoms with Crippen LogP contribution in [-0.4, -0.2) is 27.1 Å². The van der Waals surface area contributed by atoms with Crippen LogP contribution < -0.4 is 10.3 Å². The van der Waals surface area contributed by atoms with E-state index in [1.807, 2.05) is 0 Å². The highest BCUT2D eigenvalue weighted by atomic mass is 35.6. The Morgan fingerprint density at radius 3 is 1.94 bits per heavy atom. The standard InChI is InChI=1S/C11H19Cl3N2/c1-9(2)5-8(6-10(3,4)16-9)15-7-11(12,13)14/h7-8,16H,5-6H2,1-4H3/p+2. The molecule has 0 radical (unpaired) electrons. The second-order valence-corrected chi connectivity index (χ2v) is 8.45. The number of nitrogens with one attached hydrogen (secondary N) is 1. The molecule has 0 aromatic rings. The highest BCUT2D eigenvalue weighted by Crippen LogP contribution is 2.22. The Labute approximate surface area is 113 Å². The number of alkyl halides is 3. The van der Waals surface area contributed by atoms with Crippen molar-refractivity contribution in [2.75, 3.05) is 0 Å². The van der Waals surface area contributed by atoms with Crippen LogP contribution in [0, 0.1) is 0 Å². The van der Waals surface area contributed by atoms with Gasteiger partial charge in [-0.15, -0.1) is 0 Å². The fourth-order valence-electron chi connectivity index (χ4n) is 2.85.